The third-order valence-electron chi connectivity index (χ3n) is 7.97. The molecule has 1 N–H and O–H groups in total. The van der Waals surface area contributed by atoms with Crippen LogP contribution in [-0.2, 0) is 6.54 Å². The number of halogens is 2. The second-order valence-electron chi connectivity index (χ2n) is 10.9. The smallest absolute Gasteiger partial charge is 0.278 e. The summed E-state index contributed by atoms with van der Waals surface area (Å²) in [5.41, 5.74) is 5.87. The van der Waals surface area contributed by atoms with E-state index in [0.717, 1.165) is 50.3 Å². The number of hydrogen-bond donors (Lipinski definition) is 1. The maximum atomic E-state index is 13.9. The molecule has 0 aliphatic carbocycles. The van der Waals surface area contributed by atoms with Gasteiger partial charge in [-0.1, -0.05) is 66.2 Å². The Balaban J connectivity index is 0.000000749. The van der Waals surface area contributed by atoms with E-state index in [2.05, 4.69) is 42.2 Å². The number of benzene rings is 4. The fourth-order valence-electron chi connectivity index (χ4n) is 6.00. The molecule has 1 aliphatic heterocycles. The van der Waals surface area contributed by atoms with Gasteiger partial charge in [-0.05, 0) is 80.6 Å². The SMILES string of the molecule is CCn1c(C)c(C=CC2N(c3ccccc3)c3nc4cc(Cl)ccc4nc3[NH+]2c2ccccc2)c(=O)n1-c1ccccc1.[O-][Cl+3]([O-])([O-])[O-]. The maximum Gasteiger partial charge on any atom is 0.278 e. The van der Waals surface area contributed by atoms with Crippen molar-refractivity contribution in [3.8, 4) is 5.69 Å². The van der Waals surface area contributed by atoms with Crippen molar-refractivity contribution in [3.05, 3.63) is 142 Å². The molecule has 2 aromatic heterocycles. The van der Waals surface area contributed by atoms with Crippen LogP contribution in [0.15, 0.2) is 120 Å². The van der Waals surface area contributed by atoms with Crippen LogP contribution in [0.1, 0.15) is 18.2 Å². The van der Waals surface area contributed by atoms with Gasteiger partial charge in [0.15, 0.2) is 6.17 Å². The molecule has 1 aliphatic rings. The molecule has 48 heavy (non-hydrogen) atoms. The van der Waals surface area contributed by atoms with E-state index in [9.17, 15) is 4.79 Å². The summed E-state index contributed by atoms with van der Waals surface area (Å²) in [4.78, 5) is 27.4. The van der Waals surface area contributed by atoms with E-state index in [1.54, 1.807) is 4.68 Å². The van der Waals surface area contributed by atoms with Crippen molar-refractivity contribution in [1.29, 1.82) is 0 Å². The number of nitrogens with zero attached hydrogens (tertiary/aromatic N) is 5. The summed E-state index contributed by atoms with van der Waals surface area (Å²) in [7, 11) is -4.94. The zero-order chi connectivity index (χ0) is 34.0. The highest BCUT2D eigenvalue weighted by Gasteiger charge is 2.45. The van der Waals surface area contributed by atoms with E-state index in [0.29, 0.717) is 17.1 Å². The quantitative estimate of drug-likeness (QED) is 0.279. The van der Waals surface area contributed by atoms with E-state index in [4.69, 9.17) is 40.2 Å². The number of fused-ring (bicyclic) bond motifs is 2. The minimum atomic E-state index is -4.94. The Morgan fingerprint density at radius 2 is 1.42 bits per heavy atom. The summed E-state index contributed by atoms with van der Waals surface area (Å²) in [5, 5.41) is 0.611. The van der Waals surface area contributed by atoms with Crippen molar-refractivity contribution in [3.63, 3.8) is 0 Å². The third-order valence-corrected chi connectivity index (χ3v) is 8.21. The number of para-hydroxylation sites is 3. The van der Waals surface area contributed by atoms with Gasteiger partial charge in [0.05, 0.1) is 22.3 Å². The first kappa shape index (κ1) is 33.1. The Morgan fingerprint density at radius 1 is 0.833 bits per heavy atom. The molecule has 0 fully saturated rings. The lowest BCUT2D eigenvalue weighted by Crippen LogP contribution is -3.06. The monoisotopic (exact) mass is 684 g/mol. The Kier molecular flexibility index (Phi) is 9.45. The Morgan fingerprint density at radius 3 is 2.02 bits per heavy atom. The first-order valence-electron chi connectivity index (χ1n) is 15.0. The summed E-state index contributed by atoms with van der Waals surface area (Å²) in [6, 6.07) is 35.8. The van der Waals surface area contributed by atoms with Gasteiger partial charge in [0.1, 0.15) is 5.69 Å². The predicted molar refractivity (Wildman–Crippen MR) is 173 cm³/mol. The second-order valence-corrected chi connectivity index (χ2v) is 12.1. The largest absolute Gasteiger partial charge is 0.282 e. The summed E-state index contributed by atoms with van der Waals surface area (Å²) < 4.78 is 37.8. The van der Waals surface area contributed by atoms with Crippen LogP contribution in [-0.4, -0.2) is 25.5 Å². The number of nitrogens with one attached hydrogen (secondary N) is 1. The molecule has 2 unspecified atom stereocenters. The fourth-order valence-corrected chi connectivity index (χ4v) is 6.16. The van der Waals surface area contributed by atoms with E-state index in [1.165, 1.54) is 0 Å². The number of hydrogen-bond acceptors (Lipinski definition) is 8. The lowest BCUT2D eigenvalue weighted by atomic mass is 10.2. The van der Waals surface area contributed by atoms with Gasteiger partial charge < -0.3 is 0 Å². The normalized spacial score (nSPS) is 15.9. The molecule has 0 saturated heterocycles. The average Bonchev–Trinajstić information content (AvgIpc) is 3.51. The van der Waals surface area contributed by atoms with Gasteiger partial charge in [0.25, 0.3) is 11.4 Å². The van der Waals surface area contributed by atoms with Crippen LogP contribution in [0.2, 0.25) is 5.02 Å². The van der Waals surface area contributed by atoms with Crippen LogP contribution >= 0.6 is 11.6 Å². The van der Waals surface area contributed by atoms with Gasteiger partial charge >= 0.3 is 0 Å². The van der Waals surface area contributed by atoms with Crippen LogP contribution in [0.4, 0.5) is 23.0 Å². The summed E-state index contributed by atoms with van der Waals surface area (Å²) in [6.45, 7) is 4.72. The standard InChI is InChI=1S/C35H29ClN6O.ClHO4/c1-3-39-24(2)29(35(43)42(39)28-17-11-6-12-18-28)20-22-32-40(26-13-7-4-8-14-26)33-34(41(32)27-15-9-5-10-16-27)38-31-23-25(36)19-21-30(31)37-33;2-1(3,4)5/h4-23,32H,3H2,1-2H3;(H,2,3,4,5). The van der Waals surface area contributed by atoms with Crippen molar-refractivity contribution in [1.82, 2.24) is 19.3 Å². The van der Waals surface area contributed by atoms with Crippen molar-refractivity contribution in [2.75, 3.05) is 4.90 Å². The molecule has 3 heterocycles. The van der Waals surface area contributed by atoms with Gasteiger partial charge in [-0.2, -0.15) is 4.98 Å². The van der Waals surface area contributed by atoms with Crippen LogP contribution in [0, 0.1) is 17.2 Å². The molecule has 244 valence electrons. The molecule has 0 amide bonds. The molecule has 11 nitrogen and oxygen atoms in total. The molecule has 4 aromatic carbocycles. The number of aromatic nitrogens is 4. The van der Waals surface area contributed by atoms with E-state index in [-0.39, 0.29) is 11.7 Å². The summed E-state index contributed by atoms with van der Waals surface area (Å²) in [6.07, 6.45) is 3.80. The Bertz CT molecular complexity index is 2130. The first-order valence-corrected chi connectivity index (χ1v) is 16.6. The van der Waals surface area contributed by atoms with Crippen LogP contribution < -0.4 is 34.0 Å². The minimum Gasteiger partial charge on any atom is -0.282 e. The Labute approximate surface area is 283 Å². The van der Waals surface area contributed by atoms with Crippen molar-refractivity contribution in [2.45, 2.75) is 26.6 Å². The second kappa shape index (κ2) is 13.7. The molecule has 0 bridgehead atoms. The fraction of sp³-hybridized carbons (Fsp3) is 0.114. The molecule has 0 saturated carbocycles. The zero-order valence-electron chi connectivity index (χ0n) is 25.9. The van der Waals surface area contributed by atoms with Crippen LogP contribution in [0.5, 0.6) is 0 Å². The molecular weight excluding hydrogens is 655 g/mol. The molecule has 7 rings (SSSR count). The van der Waals surface area contributed by atoms with Gasteiger partial charge in [0, 0.05) is 22.9 Å². The number of rotatable bonds is 6. The molecule has 13 heteroatoms. The lowest BCUT2D eigenvalue weighted by molar-refractivity contribution is -2.00. The zero-order valence-corrected chi connectivity index (χ0v) is 27.4. The molecular formula is C35H30Cl2N6O5. The highest BCUT2D eigenvalue weighted by Crippen LogP contribution is 2.37. The lowest BCUT2D eigenvalue weighted by Gasteiger charge is -2.25. The van der Waals surface area contributed by atoms with E-state index in [1.807, 2.05) is 103 Å². The predicted octanol–water partition coefficient (Wildman–Crippen LogP) is 1.85. The summed E-state index contributed by atoms with van der Waals surface area (Å²) in [5.74, 6) is 1.56. The van der Waals surface area contributed by atoms with Gasteiger partial charge in [-0.15, -0.1) is 10.2 Å². The van der Waals surface area contributed by atoms with Crippen LogP contribution in [0.3, 0.4) is 0 Å². The Hall–Kier alpha value is -4.85. The highest BCUT2D eigenvalue weighted by atomic mass is 35.7. The molecule has 0 radical (unpaired) electrons. The number of anilines is 2. The topological polar surface area (TPSA) is 153 Å². The average molecular weight is 686 g/mol. The van der Waals surface area contributed by atoms with Crippen molar-refractivity contribution < 1.29 is 33.8 Å². The third kappa shape index (κ3) is 6.75. The minimum absolute atomic E-state index is 0.0542. The molecule has 2 atom stereocenters. The van der Waals surface area contributed by atoms with Gasteiger partial charge in [-0.3, -0.25) is 14.4 Å². The van der Waals surface area contributed by atoms with Gasteiger partial charge in [0.2, 0.25) is 5.82 Å². The van der Waals surface area contributed by atoms with Crippen LogP contribution in [0.25, 0.3) is 22.8 Å². The first-order chi connectivity index (χ1) is 23.0. The van der Waals surface area contributed by atoms with Crippen molar-refractivity contribution >= 4 is 51.7 Å². The highest BCUT2D eigenvalue weighted by molar-refractivity contribution is 6.31. The van der Waals surface area contributed by atoms with E-state index >= 15 is 0 Å². The van der Waals surface area contributed by atoms with E-state index < -0.39 is 10.2 Å². The summed E-state index contributed by atoms with van der Waals surface area (Å²) >= 11 is 6.36. The number of quaternary nitrogens is 1. The van der Waals surface area contributed by atoms with Crippen molar-refractivity contribution in [2.24, 2.45) is 0 Å². The molecule has 6 aromatic rings. The molecule has 0 spiro atoms. The maximum absolute atomic E-state index is 13.9. The van der Waals surface area contributed by atoms with Gasteiger partial charge in [-0.25, -0.2) is 33.2 Å².